The molecule has 0 radical (unpaired) electrons. The highest BCUT2D eigenvalue weighted by Crippen LogP contribution is 1.98. The molecule has 0 aromatic heterocycles. The Morgan fingerprint density at radius 3 is 2.38 bits per heavy atom. The second-order valence-corrected chi connectivity index (χ2v) is 4.70. The van der Waals surface area contributed by atoms with Crippen LogP contribution in [0.25, 0.3) is 0 Å². The highest BCUT2D eigenvalue weighted by atomic mass is 32.2. The van der Waals surface area contributed by atoms with Crippen LogP contribution in [-0.2, 0) is 14.4 Å². The number of thiol groups is 1. The lowest BCUT2D eigenvalue weighted by molar-refractivity contribution is -0.127. The molecule has 0 aliphatic rings. The summed E-state index contributed by atoms with van der Waals surface area (Å²) in [6.07, 6.45) is 0. The molecule has 5 nitrogen and oxygen atoms in total. The van der Waals surface area contributed by atoms with Crippen molar-refractivity contribution >= 4 is 41.3 Å². The number of rotatable bonds is 6. The molecule has 0 heterocycles. The Labute approximate surface area is 105 Å². The van der Waals surface area contributed by atoms with Crippen molar-refractivity contribution in [3.8, 4) is 0 Å². The lowest BCUT2D eigenvalue weighted by atomic mass is 10.3. The summed E-state index contributed by atoms with van der Waals surface area (Å²) in [5.74, 6) is 0.216. The fourth-order valence-corrected chi connectivity index (χ4v) is 1.68. The molecule has 0 saturated heterocycles. The van der Waals surface area contributed by atoms with Crippen LogP contribution in [0.5, 0.6) is 0 Å². The summed E-state index contributed by atoms with van der Waals surface area (Å²) in [7, 11) is 0. The molecule has 1 atom stereocenters. The fraction of sp³-hybridized carbons (Fsp3) is 0.667. The second-order valence-electron chi connectivity index (χ2n) is 3.07. The molecule has 2 amide bonds. The number of thioether (sulfide) groups is 1. The van der Waals surface area contributed by atoms with Crippen LogP contribution in [0, 0.1) is 0 Å². The minimum Gasteiger partial charge on any atom is -0.353 e. The third-order valence-corrected chi connectivity index (χ3v) is 2.76. The zero-order chi connectivity index (χ0) is 12.6. The van der Waals surface area contributed by atoms with Gasteiger partial charge < -0.3 is 10.6 Å². The number of carbonyl (C=O) groups is 3. The lowest BCUT2D eigenvalue weighted by Gasteiger charge is -2.14. The Kier molecular flexibility index (Phi) is 8.10. The summed E-state index contributed by atoms with van der Waals surface area (Å²) in [6, 6.07) is -0.622. The van der Waals surface area contributed by atoms with Crippen LogP contribution in [0.1, 0.15) is 13.8 Å². The van der Waals surface area contributed by atoms with Gasteiger partial charge in [0, 0.05) is 31.9 Å². The van der Waals surface area contributed by atoms with E-state index in [0.29, 0.717) is 12.3 Å². The molecule has 0 aliphatic carbocycles. The van der Waals surface area contributed by atoms with Gasteiger partial charge in [-0.25, -0.2) is 0 Å². The van der Waals surface area contributed by atoms with Gasteiger partial charge in [0.1, 0.15) is 6.04 Å². The first kappa shape index (κ1) is 15.3. The van der Waals surface area contributed by atoms with Crippen LogP contribution in [0.15, 0.2) is 0 Å². The quantitative estimate of drug-likeness (QED) is 0.459. The van der Waals surface area contributed by atoms with Gasteiger partial charge in [-0.05, 0) is 0 Å². The average Bonchev–Trinajstić information content (AvgIpc) is 2.20. The molecule has 92 valence electrons. The third-order valence-electron chi connectivity index (χ3n) is 1.58. The summed E-state index contributed by atoms with van der Waals surface area (Å²) in [5.41, 5.74) is 0. The van der Waals surface area contributed by atoms with Crippen LogP contribution >= 0.6 is 24.4 Å². The van der Waals surface area contributed by atoms with E-state index < -0.39 is 6.04 Å². The molecule has 0 aromatic carbocycles. The van der Waals surface area contributed by atoms with Crippen molar-refractivity contribution in [2.24, 2.45) is 0 Å². The number of nitrogens with one attached hydrogen (secondary N) is 2. The van der Waals surface area contributed by atoms with Crippen molar-refractivity contribution in [1.29, 1.82) is 0 Å². The largest absolute Gasteiger partial charge is 0.353 e. The lowest BCUT2D eigenvalue weighted by Crippen LogP contribution is -2.47. The maximum Gasteiger partial charge on any atom is 0.243 e. The summed E-state index contributed by atoms with van der Waals surface area (Å²) in [5, 5.41) is 5.11. The Morgan fingerprint density at radius 2 is 1.94 bits per heavy atom. The van der Waals surface area contributed by atoms with Gasteiger partial charge in [0.25, 0.3) is 0 Å². The molecule has 0 saturated carbocycles. The van der Waals surface area contributed by atoms with E-state index in [4.69, 9.17) is 0 Å². The topological polar surface area (TPSA) is 75.3 Å². The predicted molar refractivity (Wildman–Crippen MR) is 67.6 cm³/mol. The number of carbonyl (C=O) groups excluding carboxylic acids is 3. The van der Waals surface area contributed by atoms with Gasteiger partial charge in [-0.3, -0.25) is 14.4 Å². The Balaban J connectivity index is 3.84. The van der Waals surface area contributed by atoms with E-state index in [2.05, 4.69) is 23.3 Å². The van der Waals surface area contributed by atoms with Gasteiger partial charge in [-0.15, -0.1) is 0 Å². The van der Waals surface area contributed by atoms with E-state index in [1.54, 1.807) is 0 Å². The van der Waals surface area contributed by atoms with Crippen molar-refractivity contribution in [3.63, 3.8) is 0 Å². The second kappa shape index (κ2) is 8.46. The van der Waals surface area contributed by atoms with Crippen LogP contribution in [0.3, 0.4) is 0 Å². The maximum atomic E-state index is 11.5. The van der Waals surface area contributed by atoms with E-state index in [-0.39, 0.29) is 22.7 Å². The summed E-state index contributed by atoms with van der Waals surface area (Å²) in [6.45, 7) is 3.21. The predicted octanol–water partition coefficient (Wildman–Crippen LogP) is -0.183. The Bertz CT molecular complexity index is 271. The molecular formula is C9H16N2O3S2. The van der Waals surface area contributed by atoms with Crippen LogP contribution in [0.4, 0.5) is 0 Å². The smallest absolute Gasteiger partial charge is 0.243 e. The van der Waals surface area contributed by atoms with E-state index in [0.717, 1.165) is 11.8 Å². The summed E-state index contributed by atoms with van der Waals surface area (Å²) >= 11 is 5.12. The SMILES string of the molecule is CC(=O)NC(CS)C(=O)NCCSC(C)=O. The van der Waals surface area contributed by atoms with E-state index in [1.165, 1.54) is 13.8 Å². The number of hydrogen-bond donors (Lipinski definition) is 3. The average molecular weight is 264 g/mol. The minimum atomic E-state index is -0.622. The third kappa shape index (κ3) is 7.58. The molecule has 2 N–H and O–H groups in total. The standard InChI is InChI=1S/C9H16N2O3S2/c1-6(12)11-8(5-15)9(14)10-3-4-16-7(2)13/h8,15H,3-5H2,1-2H3,(H,10,14)(H,11,12). The monoisotopic (exact) mass is 264 g/mol. The molecule has 1 unspecified atom stereocenters. The first-order valence-electron chi connectivity index (χ1n) is 4.76. The molecule has 16 heavy (non-hydrogen) atoms. The van der Waals surface area contributed by atoms with E-state index in [9.17, 15) is 14.4 Å². The van der Waals surface area contributed by atoms with Gasteiger partial charge >= 0.3 is 0 Å². The van der Waals surface area contributed by atoms with Gasteiger partial charge in [0.15, 0.2) is 5.12 Å². The van der Waals surface area contributed by atoms with Crippen LogP contribution < -0.4 is 10.6 Å². The molecule has 0 aromatic rings. The highest BCUT2D eigenvalue weighted by Gasteiger charge is 2.16. The zero-order valence-corrected chi connectivity index (χ0v) is 11.0. The fourth-order valence-electron chi connectivity index (χ4n) is 0.932. The minimum absolute atomic E-state index is 0.0156. The first-order chi connectivity index (χ1) is 7.47. The van der Waals surface area contributed by atoms with Crippen molar-refractivity contribution in [1.82, 2.24) is 10.6 Å². The molecule has 0 bridgehead atoms. The Morgan fingerprint density at radius 1 is 1.31 bits per heavy atom. The molecule has 7 heteroatoms. The number of hydrogen-bond acceptors (Lipinski definition) is 5. The van der Waals surface area contributed by atoms with Gasteiger partial charge in [-0.1, -0.05) is 11.8 Å². The maximum absolute atomic E-state index is 11.5. The summed E-state index contributed by atoms with van der Waals surface area (Å²) < 4.78 is 0. The van der Waals surface area contributed by atoms with E-state index >= 15 is 0 Å². The molecule has 0 rings (SSSR count). The number of amides is 2. The van der Waals surface area contributed by atoms with Crippen molar-refractivity contribution < 1.29 is 14.4 Å². The normalized spacial score (nSPS) is 11.7. The molecular weight excluding hydrogens is 248 g/mol. The van der Waals surface area contributed by atoms with Gasteiger partial charge in [0.05, 0.1) is 0 Å². The first-order valence-corrected chi connectivity index (χ1v) is 6.38. The van der Waals surface area contributed by atoms with E-state index in [1.807, 2.05) is 0 Å². The van der Waals surface area contributed by atoms with Crippen molar-refractivity contribution in [2.75, 3.05) is 18.1 Å². The molecule has 0 fully saturated rings. The van der Waals surface area contributed by atoms with Crippen LogP contribution in [0.2, 0.25) is 0 Å². The van der Waals surface area contributed by atoms with Gasteiger partial charge in [0.2, 0.25) is 11.8 Å². The van der Waals surface area contributed by atoms with Gasteiger partial charge in [-0.2, -0.15) is 12.6 Å². The zero-order valence-electron chi connectivity index (χ0n) is 9.28. The van der Waals surface area contributed by atoms with Crippen molar-refractivity contribution in [3.05, 3.63) is 0 Å². The molecule has 0 aliphatic heterocycles. The Hall–Kier alpha value is -0.690. The summed E-state index contributed by atoms with van der Waals surface area (Å²) in [4.78, 5) is 32.9. The van der Waals surface area contributed by atoms with Crippen molar-refractivity contribution in [2.45, 2.75) is 19.9 Å². The molecule has 0 spiro atoms. The highest BCUT2D eigenvalue weighted by molar-refractivity contribution is 8.13. The van der Waals surface area contributed by atoms with Crippen LogP contribution in [-0.4, -0.2) is 41.0 Å².